The third-order valence-electron chi connectivity index (χ3n) is 1.85. The monoisotopic (exact) mass is 259 g/mol. The Morgan fingerprint density at radius 2 is 2.47 bits per heavy atom. The Morgan fingerprint density at radius 3 is 3.00 bits per heavy atom. The SMILES string of the molecule is NCC(Sc1ncc[nH]1)c1ccc(Cl)s1. The van der Waals surface area contributed by atoms with Crippen molar-refractivity contribution in [3.8, 4) is 0 Å². The summed E-state index contributed by atoms with van der Waals surface area (Å²) in [7, 11) is 0. The highest BCUT2D eigenvalue weighted by molar-refractivity contribution is 7.99. The molecule has 3 N–H and O–H groups in total. The van der Waals surface area contributed by atoms with Crippen LogP contribution in [0.15, 0.2) is 29.7 Å². The first-order valence-corrected chi connectivity index (χ1v) is 6.48. The van der Waals surface area contributed by atoms with Gasteiger partial charge in [-0.25, -0.2) is 4.98 Å². The Kier molecular flexibility index (Phi) is 3.69. The van der Waals surface area contributed by atoms with Crippen LogP contribution in [0.3, 0.4) is 0 Å². The molecule has 0 aromatic carbocycles. The number of nitrogens with one attached hydrogen (secondary N) is 1. The molecule has 0 bridgehead atoms. The number of aromatic amines is 1. The van der Waals surface area contributed by atoms with E-state index in [1.165, 1.54) is 4.88 Å². The molecule has 0 aliphatic rings. The van der Waals surface area contributed by atoms with E-state index in [1.807, 2.05) is 12.1 Å². The van der Waals surface area contributed by atoms with Crippen LogP contribution in [0.4, 0.5) is 0 Å². The van der Waals surface area contributed by atoms with E-state index in [2.05, 4.69) is 9.97 Å². The summed E-state index contributed by atoms with van der Waals surface area (Å²) < 4.78 is 0.795. The van der Waals surface area contributed by atoms with Gasteiger partial charge in [-0.2, -0.15) is 0 Å². The average molecular weight is 260 g/mol. The smallest absolute Gasteiger partial charge is 0.165 e. The van der Waals surface area contributed by atoms with Crippen LogP contribution in [-0.2, 0) is 0 Å². The van der Waals surface area contributed by atoms with Gasteiger partial charge in [0, 0.05) is 23.8 Å². The standard InChI is InChI=1S/C9H10ClN3S2/c10-8-2-1-6(14-8)7(5-11)15-9-12-3-4-13-9/h1-4,7H,5,11H2,(H,12,13). The van der Waals surface area contributed by atoms with Gasteiger partial charge in [0.15, 0.2) is 5.16 Å². The molecule has 1 unspecified atom stereocenters. The molecule has 2 heterocycles. The molecular weight excluding hydrogens is 250 g/mol. The molecule has 0 spiro atoms. The van der Waals surface area contributed by atoms with Crippen LogP contribution >= 0.6 is 34.7 Å². The minimum absolute atomic E-state index is 0.216. The molecule has 0 saturated carbocycles. The molecule has 2 aromatic rings. The number of aromatic nitrogens is 2. The molecule has 0 saturated heterocycles. The third-order valence-corrected chi connectivity index (χ3v) is 4.52. The van der Waals surface area contributed by atoms with Gasteiger partial charge in [-0.3, -0.25) is 0 Å². The summed E-state index contributed by atoms with van der Waals surface area (Å²) in [5.41, 5.74) is 5.73. The lowest BCUT2D eigenvalue weighted by atomic mass is 10.3. The maximum Gasteiger partial charge on any atom is 0.165 e. The van der Waals surface area contributed by atoms with E-state index in [0.717, 1.165) is 9.49 Å². The summed E-state index contributed by atoms with van der Waals surface area (Å²) in [6, 6.07) is 3.91. The van der Waals surface area contributed by atoms with E-state index < -0.39 is 0 Å². The number of H-pyrrole nitrogens is 1. The Hall–Kier alpha value is -0.490. The summed E-state index contributed by atoms with van der Waals surface area (Å²) in [6.07, 6.45) is 3.54. The summed E-state index contributed by atoms with van der Waals surface area (Å²) in [5, 5.41) is 1.10. The van der Waals surface area contributed by atoms with E-state index in [-0.39, 0.29) is 5.25 Å². The van der Waals surface area contributed by atoms with Crippen LogP contribution in [0.1, 0.15) is 10.1 Å². The fourth-order valence-electron chi connectivity index (χ4n) is 1.17. The van der Waals surface area contributed by atoms with Crippen molar-refractivity contribution in [2.45, 2.75) is 10.4 Å². The van der Waals surface area contributed by atoms with Crippen molar-refractivity contribution in [1.82, 2.24) is 9.97 Å². The predicted octanol–water partition coefficient (Wildman–Crippen LogP) is 2.92. The lowest BCUT2D eigenvalue weighted by Gasteiger charge is -2.09. The second-order valence-corrected chi connectivity index (χ2v) is 5.82. The summed E-state index contributed by atoms with van der Waals surface area (Å²) in [6.45, 7) is 0.572. The molecule has 0 radical (unpaired) electrons. The van der Waals surface area contributed by atoms with Gasteiger partial charge in [-0.05, 0) is 12.1 Å². The molecule has 6 heteroatoms. The van der Waals surface area contributed by atoms with Crippen molar-refractivity contribution >= 4 is 34.7 Å². The predicted molar refractivity (Wildman–Crippen MR) is 65.6 cm³/mol. The first-order valence-electron chi connectivity index (χ1n) is 4.41. The van der Waals surface area contributed by atoms with Crippen LogP contribution in [-0.4, -0.2) is 16.5 Å². The molecule has 2 aromatic heterocycles. The Balaban J connectivity index is 2.11. The van der Waals surface area contributed by atoms with Crippen LogP contribution in [0.25, 0.3) is 0 Å². The highest BCUT2D eigenvalue weighted by Gasteiger charge is 2.14. The van der Waals surface area contributed by atoms with E-state index in [1.54, 1.807) is 35.5 Å². The first kappa shape index (κ1) is 11.0. The van der Waals surface area contributed by atoms with Gasteiger partial charge >= 0.3 is 0 Å². The van der Waals surface area contributed by atoms with Gasteiger partial charge in [0.1, 0.15) is 0 Å². The van der Waals surface area contributed by atoms with Crippen LogP contribution in [0.5, 0.6) is 0 Å². The molecule has 1 atom stereocenters. The second kappa shape index (κ2) is 5.03. The number of imidazole rings is 1. The van der Waals surface area contributed by atoms with Crippen LogP contribution < -0.4 is 5.73 Å². The van der Waals surface area contributed by atoms with Crippen LogP contribution in [0.2, 0.25) is 4.34 Å². The number of thioether (sulfide) groups is 1. The number of rotatable bonds is 4. The van der Waals surface area contributed by atoms with Gasteiger partial charge in [0.2, 0.25) is 0 Å². The number of nitrogens with two attached hydrogens (primary N) is 1. The highest BCUT2D eigenvalue weighted by atomic mass is 35.5. The van der Waals surface area contributed by atoms with E-state index in [0.29, 0.717) is 6.54 Å². The van der Waals surface area contributed by atoms with Crippen molar-refractivity contribution in [2.75, 3.05) is 6.54 Å². The molecular formula is C9H10ClN3S2. The zero-order valence-corrected chi connectivity index (χ0v) is 10.2. The number of nitrogens with zero attached hydrogens (tertiary/aromatic N) is 1. The van der Waals surface area contributed by atoms with Crippen molar-refractivity contribution < 1.29 is 0 Å². The van der Waals surface area contributed by atoms with Crippen molar-refractivity contribution in [3.63, 3.8) is 0 Å². The molecule has 0 aliphatic heterocycles. The molecule has 15 heavy (non-hydrogen) atoms. The number of hydrogen-bond donors (Lipinski definition) is 2. The molecule has 80 valence electrons. The van der Waals surface area contributed by atoms with Crippen LogP contribution in [0, 0.1) is 0 Å². The minimum atomic E-state index is 0.216. The largest absolute Gasteiger partial charge is 0.340 e. The maximum absolute atomic E-state index is 5.89. The summed E-state index contributed by atoms with van der Waals surface area (Å²) in [5.74, 6) is 0. The number of thiophene rings is 1. The molecule has 2 rings (SSSR count). The summed E-state index contributed by atoms with van der Waals surface area (Å²) in [4.78, 5) is 8.39. The zero-order chi connectivity index (χ0) is 10.7. The molecule has 0 aliphatic carbocycles. The fraction of sp³-hybridized carbons (Fsp3) is 0.222. The zero-order valence-electron chi connectivity index (χ0n) is 7.81. The topological polar surface area (TPSA) is 54.7 Å². The Morgan fingerprint density at radius 1 is 1.60 bits per heavy atom. The lowest BCUT2D eigenvalue weighted by molar-refractivity contribution is 0.943. The van der Waals surface area contributed by atoms with Crippen molar-refractivity contribution in [1.29, 1.82) is 0 Å². The van der Waals surface area contributed by atoms with Crippen molar-refractivity contribution in [3.05, 3.63) is 33.7 Å². The van der Waals surface area contributed by atoms with E-state index >= 15 is 0 Å². The van der Waals surface area contributed by atoms with Gasteiger partial charge in [-0.15, -0.1) is 11.3 Å². The highest BCUT2D eigenvalue weighted by Crippen LogP contribution is 2.37. The second-order valence-electron chi connectivity index (χ2n) is 2.88. The Labute approximate surface area is 101 Å². The normalized spacial score (nSPS) is 12.9. The van der Waals surface area contributed by atoms with E-state index in [4.69, 9.17) is 17.3 Å². The maximum atomic E-state index is 5.89. The first-order chi connectivity index (χ1) is 7.29. The quantitative estimate of drug-likeness (QED) is 0.830. The number of hydrogen-bond acceptors (Lipinski definition) is 4. The van der Waals surface area contributed by atoms with E-state index in [9.17, 15) is 0 Å². The summed E-state index contributed by atoms with van der Waals surface area (Å²) >= 11 is 9.08. The molecule has 0 fully saturated rings. The Bertz CT molecular complexity index is 413. The van der Waals surface area contributed by atoms with Gasteiger partial charge in [-0.1, -0.05) is 23.4 Å². The van der Waals surface area contributed by atoms with Crippen molar-refractivity contribution in [2.24, 2.45) is 5.73 Å². The minimum Gasteiger partial charge on any atom is -0.340 e. The van der Waals surface area contributed by atoms with Gasteiger partial charge < -0.3 is 10.7 Å². The molecule has 3 nitrogen and oxygen atoms in total. The lowest BCUT2D eigenvalue weighted by Crippen LogP contribution is -2.08. The third kappa shape index (κ3) is 2.75. The van der Waals surface area contributed by atoms with Gasteiger partial charge in [0.25, 0.3) is 0 Å². The number of halogens is 1. The molecule has 0 amide bonds. The van der Waals surface area contributed by atoms with Gasteiger partial charge in [0.05, 0.1) is 9.59 Å². The average Bonchev–Trinajstić information content (AvgIpc) is 2.85. The fourth-order valence-corrected chi connectivity index (χ4v) is 3.34.